The summed E-state index contributed by atoms with van der Waals surface area (Å²) in [7, 11) is -3.34. The highest BCUT2D eigenvalue weighted by Gasteiger charge is 2.28. The van der Waals surface area contributed by atoms with Gasteiger partial charge < -0.3 is 5.32 Å². The Hall–Kier alpha value is -0.910. The standard InChI is InChI=1S/C16H26N2O2S/c1-4-16(17-5-2)12(3)13-6-10-15(11-7-13)21(19,20)18-14-8-9-14/h6-7,10-12,14,16-18H,4-5,8-9H2,1-3H3. The Morgan fingerprint density at radius 3 is 2.29 bits per heavy atom. The summed E-state index contributed by atoms with van der Waals surface area (Å²) < 4.78 is 27.0. The van der Waals surface area contributed by atoms with Gasteiger partial charge in [-0.05, 0) is 49.4 Å². The molecule has 0 heterocycles. The summed E-state index contributed by atoms with van der Waals surface area (Å²) in [6, 6.07) is 7.87. The molecule has 1 aromatic carbocycles. The van der Waals surface area contributed by atoms with Crippen LogP contribution in [-0.4, -0.2) is 27.0 Å². The number of hydrogen-bond donors (Lipinski definition) is 2. The number of nitrogens with one attached hydrogen (secondary N) is 2. The van der Waals surface area contributed by atoms with Crippen LogP contribution >= 0.6 is 0 Å². The normalized spacial score (nSPS) is 18.4. The highest BCUT2D eigenvalue weighted by molar-refractivity contribution is 7.89. The van der Waals surface area contributed by atoms with Crippen LogP contribution in [0.1, 0.15) is 51.5 Å². The molecular weight excluding hydrogens is 284 g/mol. The second kappa shape index (κ2) is 6.90. The Labute approximate surface area is 128 Å². The molecule has 1 aliphatic carbocycles. The van der Waals surface area contributed by atoms with Gasteiger partial charge in [0.05, 0.1) is 4.90 Å². The summed E-state index contributed by atoms with van der Waals surface area (Å²) in [5.41, 5.74) is 1.17. The van der Waals surface area contributed by atoms with Gasteiger partial charge in [0, 0.05) is 12.1 Å². The van der Waals surface area contributed by atoms with E-state index in [2.05, 4.69) is 30.8 Å². The van der Waals surface area contributed by atoms with Gasteiger partial charge in [-0.15, -0.1) is 0 Å². The average molecular weight is 310 g/mol. The quantitative estimate of drug-likeness (QED) is 0.776. The van der Waals surface area contributed by atoms with Gasteiger partial charge in [0.25, 0.3) is 0 Å². The molecule has 0 aromatic heterocycles. The summed E-state index contributed by atoms with van der Waals surface area (Å²) in [6.45, 7) is 7.40. The van der Waals surface area contributed by atoms with Crippen molar-refractivity contribution in [2.45, 2.75) is 62.9 Å². The number of benzene rings is 1. The van der Waals surface area contributed by atoms with Crippen LogP contribution in [-0.2, 0) is 10.0 Å². The lowest BCUT2D eigenvalue weighted by Crippen LogP contribution is -2.33. The zero-order valence-corrected chi connectivity index (χ0v) is 13.9. The van der Waals surface area contributed by atoms with E-state index in [1.807, 2.05) is 12.1 Å². The van der Waals surface area contributed by atoms with E-state index in [0.717, 1.165) is 25.8 Å². The molecule has 0 saturated heterocycles. The molecule has 4 nitrogen and oxygen atoms in total. The van der Waals surface area contributed by atoms with E-state index in [0.29, 0.717) is 16.9 Å². The molecule has 0 spiro atoms. The molecule has 0 amide bonds. The minimum absolute atomic E-state index is 0.145. The largest absolute Gasteiger partial charge is 0.314 e. The number of rotatable bonds is 8. The molecular formula is C16H26N2O2S. The lowest BCUT2D eigenvalue weighted by atomic mass is 9.92. The maximum Gasteiger partial charge on any atom is 0.240 e. The van der Waals surface area contributed by atoms with Crippen LogP contribution < -0.4 is 10.0 Å². The smallest absolute Gasteiger partial charge is 0.240 e. The Morgan fingerprint density at radius 2 is 1.81 bits per heavy atom. The highest BCUT2D eigenvalue weighted by Crippen LogP contribution is 2.25. The second-order valence-electron chi connectivity index (χ2n) is 5.83. The van der Waals surface area contributed by atoms with Crippen molar-refractivity contribution in [2.24, 2.45) is 0 Å². The van der Waals surface area contributed by atoms with E-state index in [-0.39, 0.29) is 6.04 Å². The molecule has 2 rings (SSSR count). The molecule has 1 aliphatic rings. The summed E-state index contributed by atoms with van der Waals surface area (Å²) in [5.74, 6) is 0.364. The number of sulfonamides is 1. The molecule has 0 radical (unpaired) electrons. The van der Waals surface area contributed by atoms with Crippen molar-refractivity contribution in [1.82, 2.24) is 10.0 Å². The third-order valence-electron chi connectivity index (χ3n) is 4.13. The zero-order chi connectivity index (χ0) is 15.5. The monoisotopic (exact) mass is 310 g/mol. The van der Waals surface area contributed by atoms with E-state index in [4.69, 9.17) is 0 Å². The first-order valence-corrected chi connectivity index (χ1v) is 9.32. The van der Waals surface area contributed by atoms with E-state index in [1.165, 1.54) is 5.56 Å². The molecule has 0 bridgehead atoms. The van der Waals surface area contributed by atoms with Gasteiger partial charge in [-0.3, -0.25) is 0 Å². The van der Waals surface area contributed by atoms with E-state index in [1.54, 1.807) is 12.1 Å². The van der Waals surface area contributed by atoms with Gasteiger partial charge in [0.2, 0.25) is 10.0 Å². The maximum atomic E-state index is 12.1. The third-order valence-corrected chi connectivity index (χ3v) is 5.66. The lowest BCUT2D eigenvalue weighted by Gasteiger charge is -2.24. The first-order chi connectivity index (χ1) is 9.97. The number of hydrogen-bond acceptors (Lipinski definition) is 3. The molecule has 2 unspecified atom stereocenters. The van der Waals surface area contributed by atoms with E-state index < -0.39 is 10.0 Å². The third kappa shape index (κ3) is 4.28. The van der Waals surface area contributed by atoms with Crippen LogP contribution in [0.25, 0.3) is 0 Å². The Balaban J connectivity index is 2.10. The Bertz CT molecular complexity index is 550. The average Bonchev–Trinajstić information content (AvgIpc) is 3.27. The molecule has 5 heteroatoms. The molecule has 2 atom stereocenters. The van der Waals surface area contributed by atoms with Crippen LogP contribution in [0.5, 0.6) is 0 Å². The van der Waals surface area contributed by atoms with Crippen molar-refractivity contribution in [1.29, 1.82) is 0 Å². The van der Waals surface area contributed by atoms with Crippen molar-refractivity contribution < 1.29 is 8.42 Å². The molecule has 1 saturated carbocycles. The van der Waals surface area contributed by atoms with Crippen LogP contribution in [0.15, 0.2) is 29.2 Å². The molecule has 118 valence electrons. The minimum atomic E-state index is -3.34. The van der Waals surface area contributed by atoms with Crippen LogP contribution in [0.3, 0.4) is 0 Å². The van der Waals surface area contributed by atoms with Crippen LogP contribution in [0.2, 0.25) is 0 Å². The summed E-state index contributed by atoms with van der Waals surface area (Å²) in [6.07, 6.45) is 2.96. The fourth-order valence-corrected chi connectivity index (χ4v) is 3.91. The first-order valence-electron chi connectivity index (χ1n) is 7.83. The van der Waals surface area contributed by atoms with Crippen molar-refractivity contribution in [3.8, 4) is 0 Å². The molecule has 1 fully saturated rings. The zero-order valence-electron chi connectivity index (χ0n) is 13.1. The predicted octanol–water partition coefficient (Wildman–Crippen LogP) is 2.62. The fourth-order valence-electron chi connectivity index (χ4n) is 2.61. The van der Waals surface area contributed by atoms with Gasteiger partial charge >= 0.3 is 0 Å². The number of likely N-dealkylation sites (N-methyl/N-ethyl adjacent to an activating group) is 1. The van der Waals surface area contributed by atoms with E-state index >= 15 is 0 Å². The van der Waals surface area contributed by atoms with Gasteiger partial charge in [0.15, 0.2) is 0 Å². The van der Waals surface area contributed by atoms with Gasteiger partial charge in [-0.2, -0.15) is 0 Å². The fraction of sp³-hybridized carbons (Fsp3) is 0.625. The SMILES string of the molecule is CCNC(CC)C(C)c1ccc(S(=O)(=O)NC2CC2)cc1. The van der Waals surface area contributed by atoms with Gasteiger partial charge in [0.1, 0.15) is 0 Å². The molecule has 1 aromatic rings. The maximum absolute atomic E-state index is 12.1. The summed E-state index contributed by atoms with van der Waals surface area (Å²) in [5, 5.41) is 3.48. The molecule has 0 aliphatic heterocycles. The Morgan fingerprint density at radius 1 is 1.19 bits per heavy atom. The summed E-state index contributed by atoms with van der Waals surface area (Å²) in [4.78, 5) is 0.363. The van der Waals surface area contributed by atoms with Crippen LogP contribution in [0.4, 0.5) is 0 Å². The van der Waals surface area contributed by atoms with Crippen LogP contribution in [0, 0.1) is 0 Å². The highest BCUT2D eigenvalue weighted by atomic mass is 32.2. The Kier molecular flexibility index (Phi) is 5.41. The van der Waals surface area contributed by atoms with Gasteiger partial charge in [-0.1, -0.05) is 32.9 Å². The lowest BCUT2D eigenvalue weighted by molar-refractivity contribution is 0.448. The van der Waals surface area contributed by atoms with Crippen molar-refractivity contribution in [3.05, 3.63) is 29.8 Å². The predicted molar refractivity (Wildman–Crippen MR) is 86.0 cm³/mol. The second-order valence-corrected chi connectivity index (χ2v) is 7.54. The summed E-state index contributed by atoms with van der Waals surface area (Å²) >= 11 is 0. The minimum Gasteiger partial charge on any atom is -0.314 e. The van der Waals surface area contributed by atoms with Crippen molar-refractivity contribution >= 4 is 10.0 Å². The van der Waals surface area contributed by atoms with Crippen molar-refractivity contribution in [2.75, 3.05) is 6.54 Å². The van der Waals surface area contributed by atoms with Gasteiger partial charge in [-0.25, -0.2) is 13.1 Å². The molecule has 21 heavy (non-hydrogen) atoms. The molecule has 2 N–H and O–H groups in total. The topological polar surface area (TPSA) is 58.2 Å². The van der Waals surface area contributed by atoms with E-state index in [9.17, 15) is 8.42 Å². The van der Waals surface area contributed by atoms with Crippen molar-refractivity contribution in [3.63, 3.8) is 0 Å². The first kappa shape index (κ1) is 16.5.